The van der Waals surface area contributed by atoms with Crippen molar-refractivity contribution < 1.29 is 9.47 Å². The van der Waals surface area contributed by atoms with Gasteiger partial charge in [-0.3, -0.25) is 0 Å². The summed E-state index contributed by atoms with van der Waals surface area (Å²) >= 11 is 4.81. The third kappa shape index (κ3) is 3.20. The molecule has 0 aliphatic carbocycles. The topological polar surface area (TPSA) is 31.4 Å². The van der Waals surface area contributed by atoms with Gasteiger partial charge in [0.25, 0.3) is 5.19 Å². The minimum absolute atomic E-state index is 0.629. The zero-order chi connectivity index (χ0) is 12.3. The smallest absolute Gasteiger partial charge is 0.279 e. The lowest BCUT2D eigenvalue weighted by atomic mass is 10.2. The van der Waals surface area contributed by atoms with Gasteiger partial charge >= 0.3 is 0 Å². The zero-order valence-corrected chi connectivity index (χ0v) is 12.0. The maximum Gasteiger partial charge on any atom is 0.279 e. The van der Waals surface area contributed by atoms with Crippen molar-refractivity contribution in [3.8, 4) is 16.7 Å². The number of hydrogen-bond donors (Lipinski definition) is 0. The predicted octanol–water partition coefficient (Wildman–Crippen LogP) is 4.41. The van der Waals surface area contributed by atoms with E-state index in [1.807, 2.05) is 32.0 Å². The zero-order valence-electron chi connectivity index (χ0n) is 9.57. The SMILES string of the molecule is CCOc1ccc(Oc2ncc(Br)s2)c(C)c1. The first-order valence-electron chi connectivity index (χ1n) is 5.21. The van der Waals surface area contributed by atoms with E-state index in [1.165, 1.54) is 11.3 Å². The van der Waals surface area contributed by atoms with Gasteiger partial charge in [-0.2, -0.15) is 0 Å². The fourth-order valence-electron chi connectivity index (χ4n) is 1.37. The molecule has 0 aliphatic rings. The van der Waals surface area contributed by atoms with E-state index in [0.29, 0.717) is 11.8 Å². The highest BCUT2D eigenvalue weighted by Crippen LogP contribution is 2.32. The fourth-order valence-corrected chi connectivity index (χ4v) is 2.40. The van der Waals surface area contributed by atoms with Crippen LogP contribution in [0.5, 0.6) is 16.7 Å². The van der Waals surface area contributed by atoms with E-state index in [9.17, 15) is 0 Å². The van der Waals surface area contributed by atoms with Crippen LogP contribution >= 0.6 is 27.3 Å². The Bertz CT molecular complexity index is 513. The van der Waals surface area contributed by atoms with Crippen molar-refractivity contribution in [2.75, 3.05) is 6.61 Å². The molecule has 0 unspecified atom stereocenters. The normalized spacial score (nSPS) is 10.3. The minimum Gasteiger partial charge on any atom is -0.494 e. The summed E-state index contributed by atoms with van der Waals surface area (Å²) in [7, 11) is 0. The van der Waals surface area contributed by atoms with Gasteiger partial charge < -0.3 is 9.47 Å². The Hall–Kier alpha value is -1.07. The average molecular weight is 314 g/mol. The summed E-state index contributed by atoms with van der Waals surface area (Å²) in [5.74, 6) is 1.66. The van der Waals surface area contributed by atoms with Crippen LogP contribution in [0.3, 0.4) is 0 Å². The molecule has 0 spiro atoms. The first-order valence-corrected chi connectivity index (χ1v) is 6.82. The van der Waals surface area contributed by atoms with E-state index in [2.05, 4.69) is 20.9 Å². The molecule has 90 valence electrons. The van der Waals surface area contributed by atoms with Crippen molar-refractivity contribution in [3.05, 3.63) is 33.7 Å². The lowest BCUT2D eigenvalue weighted by Crippen LogP contribution is -1.93. The summed E-state index contributed by atoms with van der Waals surface area (Å²) in [4.78, 5) is 4.13. The quantitative estimate of drug-likeness (QED) is 0.838. The van der Waals surface area contributed by atoms with E-state index >= 15 is 0 Å². The van der Waals surface area contributed by atoms with Crippen molar-refractivity contribution >= 4 is 27.3 Å². The summed E-state index contributed by atoms with van der Waals surface area (Å²) in [6, 6.07) is 5.76. The van der Waals surface area contributed by atoms with Gasteiger partial charge in [-0.15, -0.1) is 0 Å². The van der Waals surface area contributed by atoms with Crippen LogP contribution < -0.4 is 9.47 Å². The highest BCUT2D eigenvalue weighted by atomic mass is 79.9. The van der Waals surface area contributed by atoms with Gasteiger partial charge in [0.05, 0.1) is 16.6 Å². The average Bonchev–Trinajstić information content (AvgIpc) is 2.69. The van der Waals surface area contributed by atoms with E-state index < -0.39 is 0 Å². The first-order chi connectivity index (χ1) is 8.19. The number of aryl methyl sites for hydroxylation is 1. The Labute approximate surface area is 113 Å². The Morgan fingerprint density at radius 2 is 2.24 bits per heavy atom. The third-order valence-corrected chi connectivity index (χ3v) is 3.47. The standard InChI is InChI=1S/C12H12BrNO2S/c1-3-15-9-4-5-10(8(2)6-9)16-12-14-7-11(13)17-12/h4-7H,3H2,1-2H3. The molecule has 0 atom stereocenters. The molecular formula is C12H12BrNO2S. The Morgan fingerprint density at radius 3 is 2.82 bits per heavy atom. The Morgan fingerprint density at radius 1 is 1.41 bits per heavy atom. The van der Waals surface area contributed by atoms with Crippen molar-refractivity contribution in [1.82, 2.24) is 4.98 Å². The number of halogens is 1. The van der Waals surface area contributed by atoms with Gasteiger partial charge in [-0.05, 0) is 53.5 Å². The molecule has 0 amide bonds. The highest BCUT2D eigenvalue weighted by Gasteiger charge is 2.06. The number of rotatable bonds is 4. The van der Waals surface area contributed by atoms with Crippen LogP contribution in [0.15, 0.2) is 28.2 Å². The van der Waals surface area contributed by atoms with Crippen LogP contribution in [-0.4, -0.2) is 11.6 Å². The predicted molar refractivity (Wildman–Crippen MR) is 72.2 cm³/mol. The number of thiazole rings is 1. The number of hydrogen-bond acceptors (Lipinski definition) is 4. The van der Waals surface area contributed by atoms with Crippen LogP contribution in [-0.2, 0) is 0 Å². The number of benzene rings is 1. The monoisotopic (exact) mass is 313 g/mol. The van der Waals surface area contributed by atoms with Gasteiger partial charge in [-0.1, -0.05) is 11.3 Å². The molecule has 3 nitrogen and oxygen atoms in total. The number of ether oxygens (including phenoxy) is 2. The van der Waals surface area contributed by atoms with Gasteiger partial charge in [0.15, 0.2) is 0 Å². The maximum absolute atomic E-state index is 5.68. The Kier molecular flexibility index (Phi) is 4.02. The van der Waals surface area contributed by atoms with Crippen LogP contribution in [0, 0.1) is 6.92 Å². The van der Waals surface area contributed by atoms with E-state index in [4.69, 9.17) is 9.47 Å². The van der Waals surface area contributed by atoms with Crippen molar-refractivity contribution in [2.45, 2.75) is 13.8 Å². The van der Waals surface area contributed by atoms with Crippen molar-refractivity contribution in [2.24, 2.45) is 0 Å². The summed E-state index contributed by atoms with van der Waals surface area (Å²) < 4.78 is 12.1. The second kappa shape index (κ2) is 5.51. The number of nitrogens with zero attached hydrogens (tertiary/aromatic N) is 1. The second-order valence-corrected chi connectivity index (χ2v) is 5.77. The molecule has 0 radical (unpaired) electrons. The summed E-state index contributed by atoms with van der Waals surface area (Å²) in [6.07, 6.45) is 1.73. The summed E-state index contributed by atoms with van der Waals surface area (Å²) in [5, 5.41) is 0.629. The third-order valence-electron chi connectivity index (χ3n) is 2.11. The molecule has 0 saturated carbocycles. The molecule has 1 aromatic heterocycles. The lowest BCUT2D eigenvalue weighted by Gasteiger charge is -2.08. The molecule has 2 rings (SSSR count). The van der Waals surface area contributed by atoms with Crippen molar-refractivity contribution in [1.29, 1.82) is 0 Å². The van der Waals surface area contributed by atoms with Gasteiger partial charge in [0.2, 0.25) is 0 Å². The van der Waals surface area contributed by atoms with Gasteiger partial charge in [0, 0.05) is 0 Å². The van der Waals surface area contributed by atoms with Crippen LogP contribution in [0.25, 0.3) is 0 Å². The Balaban J connectivity index is 2.16. The molecule has 1 aromatic carbocycles. The molecule has 17 heavy (non-hydrogen) atoms. The summed E-state index contributed by atoms with van der Waals surface area (Å²) in [5.41, 5.74) is 1.03. The molecule has 0 N–H and O–H groups in total. The minimum atomic E-state index is 0.629. The molecule has 0 bridgehead atoms. The molecular weight excluding hydrogens is 302 g/mol. The molecule has 5 heteroatoms. The van der Waals surface area contributed by atoms with Crippen LogP contribution in [0.2, 0.25) is 0 Å². The molecule has 0 aliphatic heterocycles. The highest BCUT2D eigenvalue weighted by molar-refractivity contribution is 9.11. The maximum atomic E-state index is 5.68. The largest absolute Gasteiger partial charge is 0.494 e. The van der Waals surface area contributed by atoms with Crippen LogP contribution in [0.1, 0.15) is 12.5 Å². The molecule has 0 saturated heterocycles. The van der Waals surface area contributed by atoms with E-state index in [1.54, 1.807) is 6.20 Å². The summed E-state index contributed by atoms with van der Waals surface area (Å²) in [6.45, 7) is 4.62. The molecule has 2 aromatic rings. The van der Waals surface area contributed by atoms with Crippen LogP contribution in [0.4, 0.5) is 0 Å². The molecule has 1 heterocycles. The second-order valence-electron chi connectivity index (χ2n) is 3.39. The van der Waals surface area contributed by atoms with Crippen molar-refractivity contribution in [3.63, 3.8) is 0 Å². The number of aromatic nitrogens is 1. The van der Waals surface area contributed by atoms with Gasteiger partial charge in [-0.25, -0.2) is 4.98 Å². The first kappa shape index (κ1) is 12.4. The van der Waals surface area contributed by atoms with E-state index in [-0.39, 0.29) is 0 Å². The molecule has 0 fully saturated rings. The van der Waals surface area contributed by atoms with E-state index in [0.717, 1.165) is 20.8 Å². The fraction of sp³-hybridized carbons (Fsp3) is 0.250. The van der Waals surface area contributed by atoms with Gasteiger partial charge in [0.1, 0.15) is 11.5 Å². The lowest BCUT2D eigenvalue weighted by molar-refractivity contribution is 0.339.